The minimum atomic E-state index is -0.120. The second kappa shape index (κ2) is 10.4. The number of methoxy groups -OCH3 is 2. The van der Waals surface area contributed by atoms with Crippen LogP contribution in [0.2, 0.25) is 0 Å². The van der Waals surface area contributed by atoms with Crippen LogP contribution >= 0.6 is 0 Å². The number of amides is 1. The van der Waals surface area contributed by atoms with Crippen LogP contribution < -0.4 is 20.1 Å². The van der Waals surface area contributed by atoms with Crippen LogP contribution in [0, 0.1) is 0 Å². The summed E-state index contributed by atoms with van der Waals surface area (Å²) in [5, 5.41) is 6.40. The molecule has 0 radical (unpaired) electrons. The molecule has 0 aliphatic carbocycles. The molecule has 2 aromatic carbocycles. The Labute approximate surface area is 185 Å². The summed E-state index contributed by atoms with van der Waals surface area (Å²) in [7, 11) is 3.18. The first-order chi connectivity index (χ1) is 15.0. The van der Waals surface area contributed by atoms with Crippen molar-refractivity contribution >= 4 is 22.9 Å². The highest BCUT2D eigenvalue weighted by Crippen LogP contribution is 2.42. The smallest absolute Gasteiger partial charge is 0.258 e. The van der Waals surface area contributed by atoms with Gasteiger partial charge in [0.25, 0.3) is 5.91 Å². The summed E-state index contributed by atoms with van der Waals surface area (Å²) >= 11 is 0. The van der Waals surface area contributed by atoms with E-state index in [9.17, 15) is 4.79 Å². The van der Waals surface area contributed by atoms with E-state index in [4.69, 9.17) is 9.47 Å². The number of rotatable bonds is 10. The van der Waals surface area contributed by atoms with Crippen LogP contribution in [-0.4, -0.2) is 44.7 Å². The molecule has 31 heavy (non-hydrogen) atoms. The Bertz CT molecular complexity index is 947. The number of hydrogen-bond donors (Lipinski definition) is 2. The number of allylic oxidation sites excluding steroid dienone is 1. The number of benzene rings is 2. The zero-order valence-corrected chi connectivity index (χ0v) is 19.2. The van der Waals surface area contributed by atoms with Gasteiger partial charge in [0.05, 0.1) is 25.5 Å². The minimum absolute atomic E-state index is 0.120. The number of carbonyl (C=O) groups is 1. The van der Waals surface area contributed by atoms with Crippen LogP contribution in [0.1, 0.15) is 38.3 Å². The van der Waals surface area contributed by atoms with E-state index in [2.05, 4.69) is 53.6 Å². The predicted octanol–water partition coefficient (Wildman–Crippen LogP) is 4.77. The average Bonchev–Trinajstić information content (AvgIpc) is 3.12. The van der Waals surface area contributed by atoms with Gasteiger partial charge in [0, 0.05) is 29.6 Å². The van der Waals surface area contributed by atoms with Gasteiger partial charge in [0.15, 0.2) is 11.5 Å². The molecule has 0 bridgehead atoms. The number of likely N-dealkylation sites (N-methyl/N-ethyl adjacent to an activating group) is 1. The lowest BCUT2D eigenvalue weighted by Crippen LogP contribution is -2.25. The van der Waals surface area contributed by atoms with Crippen molar-refractivity contribution in [1.29, 1.82) is 0 Å². The van der Waals surface area contributed by atoms with Crippen LogP contribution in [0.15, 0.2) is 42.1 Å². The first-order valence-electron chi connectivity index (χ1n) is 10.9. The van der Waals surface area contributed by atoms with Crippen LogP contribution in [0.25, 0.3) is 5.57 Å². The summed E-state index contributed by atoms with van der Waals surface area (Å²) in [5.41, 5.74) is 5.35. The fraction of sp³-hybridized carbons (Fsp3) is 0.400. The summed E-state index contributed by atoms with van der Waals surface area (Å²) in [6.07, 6.45) is 1.72. The van der Waals surface area contributed by atoms with Gasteiger partial charge in [-0.05, 0) is 49.7 Å². The Kier molecular flexibility index (Phi) is 7.58. The molecule has 0 saturated carbocycles. The molecule has 0 saturated heterocycles. The zero-order chi connectivity index (χ0) is 22.4. The maximum atomic E-state index is 12.8. The molecule has 0 atom stereocenters. The molecule has 3 rings (SSSR count). The van der Waals surface area contributed by atoms with E-state index in [1.807, 2.05) is 13.0 Å². The number of anilines is 2. The molecule has 166 valence electrons. The minimum Gasteiger partial charge on any atom is -0.493 e. The first-order valence-corrected chi connectivity index (χ1v) is 10.9. The lowest BCUT2D eigenvalue weighted by molar-refractivity contribution is -0.110. The molecule has 1 aliphatic heterocycles. The van der Waals surface area contributed by atoms with Gasteiger partial charge in [-0.3, -0.25) is 4.79 Å². The SMILES string of the molecule is CCC(Nc1ccc(CCN(CC)CC)cc1)=C1C(=O)Nc2cc(OC)c(OC)cc21. The highest BCUT2D eigenvalue weighted by Gasteiger charge is 2.29. The predicted molar refractivity (Wildman–Crippen MR) is 127 cm³/mol. The molecule has 0 fully saturated rings. The highest BCUT2D eigenvalue weighted by molar-refractivity contribution is 6.32. The topological polar surface area (TPSA) is 62.8 Å². The standard InChI is InChI=1S/C25H33N3O3/c1-6-20(26-18-11-9-17(10-12-18)13-14-28(7-2)8-3)24-19-15-22(30-4)23(31-5)16-21(19)27-25(24)29/h9-12,15-16,26H,6-8,13-14H2,1-5H3,(H,27,29). The molecule has 6 heteroatoms. The van der Waals surface area contributed by atoms with Crippen molar-refractivity contribution in [3.05, 3.63) is 53.2 Å². The Morgan fingerprint density at radius 2 is 1.65 bits per heavy atom. The van der Waals surface area contributed by atoms with E-state index in [1.54, 1.807) is 20.3 Å². The van der Waals surface area contributed by atoms with E-state index in [1.165, 1.54) is 5.56 Å². The normalized spacial score (nSPS) is 14.3. The number of fused-ring (bicyclic) bond motifs is 1. The maximum Gasteiger partial charge on any atom is 0.258 e. The molecule has 0 aromatic heterocycles. The highest BCUT2D eigenvalue weighted by atomic mass is 16.5. The third kappa shape index (κ3) is 5.02. The number of carbonyl (C=O) groups excluding carboxylic acids is 1. The Balaban J connectivity index is 1.83. The molecule has 2 aromatic rings. The second-order valence-electron chi connectivity index (χ2n) is 7.51. The van der Waals surface area contributed by atoms with Crippen molar-refractivity contribution in [3.63, 3.8) is 0 Å². The molecular weight excluding hydrogens is 390 g/mol. The molecule has 0 unspecified atom stereocenters. The monoisotopic (exact) mass is 423 g/mol. The molecule has 1 aliphatic rings. The van der Waals surface area contributed by atoms with Gasteiger partial charge < -0.3 is 25.0 Å². The van der Waals surface area contributed by atoms with Crippen LogP contribution in [0.5, 0.6) is 11.5 Å². The molecule has 6 nitrogen and oxygen atoms in total. The van der Waals surface area contributed by atoms with Gasteiger partial charge >= 0.3 is 0 Å². The van der Waals surface area contributed by atoms with Crippen molar-refractivity contribution in [2.24, 2.45) is 0 Å². The van der Waals surface area contributed by atoms with Crippen molar-refractivity contribution in [2.75, 3.05) is 44.5 Å². The van der Waals surface area contributed by atoms with E-state index in [0.717, 1.165) is 48.7 Å². The molecule has 1 heterocycles. The van der Waals surface area contributed by atoms with E-state index < -0.39 is 0 Å². The van der Waals surface area contributed by atoms with Crippen molar-refractivity contribution in [1.82, 2.24) is 4.90 Å². The Morgan fingerprint density at radius 1 is 1.00 bits per heavy atom. The van der Waals surface area contributed by atoms with Gasteiger partial charge in [0.1, 0.15) is 0 Å². The summed E-state index contributed by atoms with van der Waals surface area (Å²) in [6.45, 7) is 9.64. The molecule has 0 spiro atoms. The quantitative estimate of drug-likeness (QED) is 0.539. The van der Waals surface area contributed by atoms with E-state index in [0.29, 0.717) is 23.5 Å². The number of nitrogens with one attached hydrogen (secondary N) is 2. The Morgan fingerprint density at radius 3 is 2.23 bits per heavy atom. The second-order valence-corrected chi connectivity index (χ2v) is 7.51. The molecule has 2 N–H and O–H groups in total. The number of hydrogen-bond acceptors (Lipinski definition) is 5. The third-order valence-electron chi connectivity index (χ3n) is 5.78. The lowest BCUT2D eigenvalue weighted by atomic mass is 10.0. The van der Waals surface area contributed by atoms with E-state index in [-0.39, 0.29) is 5.91 Å². The summed E-state index contributed by atoms with van der Waals surface area (Å²) < 4.78 is 10.8. The van der Waals surface area contributed by atoms with Crippen LogP contribution in [0.4, 0.5) is 11.4 Å². The zero-order valence-electron chi connectivity index (χ0n) is 19.2. The van der Waals surface area contributed by atoms with Crippen LogP contribution in [-0.2, 0) is 11.2 Å². The fourth-order valence-corrected chi connectivity index (χ4v) is 3.88. The van der Waals surface area contributed by atoms with Crippen molar-refractivity contribution in [3.8, 4) is 11.5 Å². The van der Waals surface area contributed by atoms with Crippen LogP contribution in [0.3, 0.4) is 0 Å². The molecule has 1 amide bonds. The summed E-state index contributed by atoms with van der Waals surface area (Å²) in [6, 6.07) is 12.1. The largest absolute Gasteiger partial charge is 0.493 e. The van der Waals surface area contributed by atoms with Gasteiger partial charge in [-0.1, -0.05) is 32.9 Å². The summed E-state index contributed by atoms with van der Waals surface area (Å²) in [4.78, 5) is 15.2. The summed E-state index contributed by atoms with van der Waals surface area (Å²) in [5.74, 6) is 1.07. The first kappa shape index (κ1) is 22.7. The fourth-order valence-electron chi connectivity index (χ4n) is 3.88. The van der Waals surface area contributed by atoms with Crippen molar-refractivity contribution in [2.45, 2.75) is 33.6 Å². The van der Waals surface area contributed by atoms with Gasteiger partial charge in [-0.2, -0.15) is 0 Å². The van der Waals surface area contributed by atoms with E-state index >= 15 is 0 Å². The van der Waals surface area contributed by atoms with Gasteiger partial charge in [0.2, 0.25) is 0 Å². The number of nitrogens with zero attached hydrogens (tertiary/aromatic N) is 1. The lowest BCUT2D eigenvalue weighted by Gasteiger charge is -2.18. The maximum absolute atomic E-state index is 12.8. The van der Waals surface area contributed by atoms with Gasteiger partial charge in [-0.15, -0.1) is 0 Å². The molecular formula is C25H33N3O3. The third-order valence-corrected chi connectivity index (χ3v) is 5.78. The average molecular weight is 424 g/mol. The van der Waals surface area contributed by atoms with Crippen molar-refractivity contribution < 1.29 is 14.3 Å². The van der Waals surface area contributed by atoms with Gasteiger partial charge in [-0.25, -0.2) is 0 Å². The number of ether oxygens (including phenoxy) is 2. The Hall–Kier alpha value is -2.99.